The molecule has 0 aromatic carbocycles. The lowest BCUT2D eigenvalue weighted by Gasteiger charge is -2.23. The normalized spacial score (nSPS) is 18.6. The summed E-state index contributed by atoms with van der Waals surface area (Å²) in [6.07, 6.45) is 2.74. The highest BCUT2D eigenvalue weighted by Gasteiger charge is 2.28. The van der Waals surface area contributed by atoms with Crippen molar-refractivity contribution in [2.24, 2.45) is 0 Å². The van der Waals surface area contributed by atoms with E-state index in [2.05, 4.69) is 20.4 Å². The Bertz CT molecular complexity index is 586. The van der Waals surface area contributed by atoms with Crippen LogP contribution in [0.5, 0.6) is 0 Å². The second kappa shape index (κ2) is 4.79. The van der Waals surface area contributed by atoms with Crippen LogP contribution < -0.4 is 5.32 Å². The number of fused-ring (bicyclic) bond motifs is 1. The molecule has 0 spiro atoms. The summed E-state index contributed by atoms with van der Waals surface area (Å²) in [5.74, 6) is 0. The molecule has 0 radical (unpaired) electrons. The number of aliphatic hydroxyl groups is 1. The number of aliphatic hydroxyl groups excluding tert-OH is 1. The minimum atomic E-state index is 0.0995. The highest BCUT2D eigenvalue weighted by atomic mass is 16.3. The van der Waals surface area contributed by atoms with Gasteiger partial charge >= 0.3 is 0 Å². The van der Waals surface area contributed by atoms with Crippen LogP contribution in [0.25, 0.3) is 0 Å². The maximum Gasteiger partial charge on any atom is 0.0926 e. The summed E-state index contributed by atoms with van der Waals surface area (Å²) in [4.78, 5) is 7.66. The van der Waals surface area contributed by atoms with Gasteiger partial charge in [-0.2, -0.15) is 5.10 Å². The Labute approximate surface area is 111 Å². The van der Waals surface area contributed by atoms with Gasteiger partial charge in [-0.3, -0.25) is 4.68 Å². The van der Waals surface area contributed by atoms with Gasteiger partial charge in [-0.1, -0.05) is 0 Å². The molecule has 6 heteroatoms. The molecule has 19 heavy (non-hydrogen) atoms. The smallest absolute Gasteiger partial charge is 0.0926 e. The van der Waals surface area contributed by atoms with E-state index >= 15 is 0 Å². The lowest BCUT2D eigenvalue weighted by Crippen LogP contribution is -2.31. The molecule has 3 N–H and O–H groups in total. The fourth-order valence-electron chi connectivity index (χ4n) is 2.90. The summed E-state index contributed by atoms with van der Waals surface area (Å²) in [6.45, 7) is 5.64. The summed E-state index contributed by atoms with van der Waals surface area (Å²) >= 11 is 0. The average molecular weight is 261 g/mol. The second-order valence-electron chi connectivity index (χ2n) is 4.93. The minimum absolute atomic E-state index is 0.0995. The minimum Gasteiger partial charge on any atom is -0.394 e. The molecule has 0 amide bonds. The molecule has 1 aliphatic rings. The van der Waals surface area contributed by atoms with Crippen molar-refractivity contribution in [3.05, 3.63) is 34.7 Å². The van der Waals surface area contributed by atoms with Gasteiger partial charge in [0.05, 0.1) is 36.9 Å². The highest BCUT2D eigenvalue weighted by molar-refractivity contribution is 5.37. The Hall–Kier alpha value is -1.66. The number of rotatable bonds is 3. The predicted octanol–water partition coefficient (Wildman–Crippen LogP) is 0.450. The molecule has 0 saturated heterocycles. The van der Waals surface area contributed by atoms with E-state index in [0.717, 1.165) is 30.0 Å². The van der Waals surface area contributed by atoms with Crippen molar-refractivity contribution in [3.63, 3.8) is 0 Å². The molecule has 3 heterocycles. The van der Waals surface area contributed by atoms with Crippen LogP contribution >= 0.6 is 0 Å². The molecule has 0 saturated carbocycles. The number of hydrogen-bond acceptors (Lipinski definition) is 4. The van der Waals surface area contributed by atoms with E-state index in [1.807, 2.05) is 18.5 Å². The van der Waals surface area contributed by atoms with E-state index in [1.165, 1.54) is 11.3 Å². The van der Waals surface area contributed by atoms with Crippen molar-refractivity contribution >= 4 is 0 Å². The lowest BCUT2D eigenvalue weighted by atomic mass is 9.96. The maximum absolute atomic E-state index is 9.09. The van der Waals surface area contributed by atoms with Gasteiger partial charge in [0.2, 0.25) is 0 Å². The maximum atomic E-state index is 9.09. The van der Waals surface area contributed by atoms with Crippen LogP contribution in [0.2, 0.25) is 0 Å². The Balaban J connectivity index is 2.04. The van der Waals surface area contributed by atoms with Crippen LogP contribution in [0.1, 0.15) is 34.4 Å². The number of nitrogens with zero attached hydrogens (tertiary/aromatic N) is 3. The largest absolute Gasteiger partial charge is 0.394 e. The average Bonchev–Trinajstić information content (AvgIpc) is 2.96. The van der Waals surface area contributed by atoms with Crippen molar-refractivity contribution in [2.75, 3.05) is 13.2 Å². The first-order valence-corrected chi connectivity index (χ1v) is 6.62. The molecule has 2 aromatic rings. The third-order valence-electron chi connectivity index (χ3n) is 3.79. The Morgan fingerprint density at radius 1 is 1.47 bits per heavy atom. The monoisotopic (exact) mass is 261 g/mol. The second-order valence-corrected chi connectivity index (χ2v) is 4.93. The van der Waals surface area contributed by atoms with E-state index in [1.54, 1.807) is 6.33 Å². The zero-order chi connectivity index (χ0) is 13.4. The van der Waals surface area contributed by atoms with Crippen LogP contribution in [0.3, 0.4) is 0 Å². The Kier molecular flexibility index (Phi) is 3.12. The van der Waals surface area contributed by atoms with Crippen LogP contribution in [-0.4, -0.2) is 38.0 Å². The molecule has 3 rings (SSSR count). The Morgan fingerprint density at radius 2 is 2.32 bits per heavy atom. The van der Waals surface area contributed by atoms with E-state index in [0.29, 0.717) is 6.54 Å². The van der Waals surface area contributed by atoms with Gasteiger partial charge < -0.3 is 15.4 Å². The van der Waals surface area contributed by atoms with E-state index in [-0.39, 0.29) is 12.6 Å². The van der Waals surface area contributed by atoms with Crippen molar-refractivity contribution in [3.8, 4) is 0 Å². The van der Waals surface area contributed by atoms with Crippen LogP contribution in [0.15, 0.2) is 6.33 Å². The van der Waals surface area contributed by atoms with Crippen molar-refractivity contribution < 1.29 is 5.11 Å². The predicted molar refractivity (Wildman–Crippen MR) is 70.9 cm³/mol. The first-order valence-electron chi connectivity index (χ1n) is 6.62. The number of imidazole rings is 1. The van der Waals surface area contributed by atoms with Gasteiger partial charge in [0.15, 0.2) is 0 Å². The number of aryl methyl sites for hydroxylation is 1. The molecule has 1 aliphatic heterocycles. The molecule has 2 aromatic heterocycles. The quantitative estimate of drug-likeness (QED) is 0.749. The van der Waals surface area contributed by atoms with Crippen molar-refractivity contribution in [2.45, 2.75) is 32.9 Å². The van der Waals surface area contributed by atoms with E-state index < -0.39 is 0 Å². The summed E-state index contributed by atoms with van der Waals surface area (Å²) in [5.41, 5.74) is 5.55. The van der Waals surface area contributed by atoms with Gasteiger partial charge in [-0.15, -0.1) is 0 Å². The van der Waals surface area contributed by atoms with Gasteiger partial charge in [0, 0.05) is 29.9 Å². The van der Waals surface area contributed by atoms with E-state index in [4.69, 9.17) is 5.11 Å². The molecule has 1 atom stereocenters. The fraction of sp³-hybridized carbons (Fsp3) is 0.538. The number of aromatic nitrogens is 4. The lowest BCUT2D eigenvalue weighted by molar-refractivity contribution is 0.267. The molecule has 0 aliphatic carbocycles. The molecule has 0 bridgehead atoms. The summed E-state index contributed by atoms with van der Waals surface area (Å²) in [7, 11) is 0. The molecular weight excluding hydrogens is 242 g/mol. The molecule has 6 nitrogen and oxygen atoms in total. The molecule has 0 fully saturated rings. The molecule has 102 valence electrons. The first kappa shape index (κ1) is 12.4. The van der Waals surface area contributed by atoms with Crippen LogP contribution in [-0.2, 0) is 13.0 Å². The van der Waals surface area contributed by atoms with E-state index in [9.17, 15) is 0 Å². The zero-order valence-corrected chi connectivity index (χ0v) is 11.3. The summed E-state index contributed by atoms with van der Waals surface area (Å²) in [6, 6.07) is 0.0995. The summed E-state index contributed by atoms with van der Waals surface area (Å²) in [5, 5.41) is 17.1. The standard InChI is InChI=1S/C13H19N5O/c1-8-11(9(2)18(17-8)5-6-19)13-12-10(3-4-14-13)15-7-16-12/h7,13-14,19H,3-6H2,1-2H3,(H,15,16)/t13-/m0/s1. The fourth-order valence-corrected chi connectivity index (χ4v) is 2.90. The number of aromatic amines is 1. The van der Waals surface area contributed by atoms with Gasteiger partial charge in [0.1, 0.15) is 0 Å². The third kappa shape index (κ3) is 1.97. The first-order chi connectivity index (χ1) is 9.22. The van der Waals surface area contributed by atoms with Gasteiger partial charge in [0.25, 0.3) is 0 Å². The van der Waals surface area contributed by atoms with Crippen LogP contribution in [0.4, 0.5) is 0 Å². The van der Waals surface area contributed by atoms with Gasteiger partial charge in [-0.05, 0) is 13.8 Å². The number of hydrogen-bond donors (Lipinski definition) is 3. The third-order valence-corrected chi connectivity index (χ3v) is 3.79. The topological polar surface area (TPSA) is 78.8 Å². The van der Waals surface area contributed by atoms with Crippen molar-refractivity contribution in [1.82, 2.24) is 25.1 Å². The number of H-pyrrole nitrogens is 1. The zero-order valence-electron chi connectivity index (χ0n) is 11.3. The Morgan fingerprint density at radius 3 is 3.11 bits per heavy atom. The highest BCUT2D eigenvalue weighted by Crippen LogP contribution is 2.30. The SMILES string of the molecule is Cc1nn(CCO)c(C)c1[C@@H]1NCCc2[nH]cnc21. The van der Waals surface area contributed by atoms with Crippen molar-refractivity contribution in [1.29, 1.82) is 0 Å². The molecular formula is C13H19N5O. The molecule has 0 unspecified atom stereocenters. The summed E-state index contributed by atoms with van der Waals surface area (Å²) < 4.78 is 1.87. The number of nitrogens with one attached hydrogen (secondary N) is 2. The van der Waals surface area contributed by atoms with Gasteiger partial charge in [-0.25, -0.2) is 4.98 Å². The van der Waals surface area contributed by atoms with Crippen LogP contribution in [0, 0.1) is 13.8 Å².